The number of benzene rings is 1. The standard InChI is InChI=1S/C20H18N2S/c1-14(18-7-4-10-21-12-18)19-13-22-20(23-19)17-9-8-15-5-2-3-6-16(15)11-17/h2-7,10,12-13,17H,1,8-9,11H2. The van der Waals surface area contributed by atoms with Gasteiger partial charge in [-0.1, -0.05) is 36.9 Å². The van der Waals surface area contributed by atoms with Crippen molar-refractivity contribution < 1.29 is 0 Å². The Morgan fingerprint density at radius 2 is 1.96 bits per heavy atom. The summed E-state index contributed by atoms with van der Waals surface area (Å²) in [4.78, 5) is 10.0. The molecule has 0 spiro atoms. The topological polar surface area (TPSA) is 25.8 Å². The second-order valence-corrected chi connectivity index (χ2v) is 7.05. The minimum absolute atomic E-state index is 0.533. The van der Waals surface area contributed by atoms with E-state index < -0.39 is 0 Å². The van der Waals surface area contributed by atoms with Crippen LogP contribution in [0.5, 0.6) is 0 Å². The molecule has 3 aromatic rings. The predicted molar refractivity (Wildman–Crippen MR) is 95.7 cm³/mol. The molecule has 1 aromatic carbocycles. The van der Waals surface area contributed by atoms with E-state index in [1.54, 1.807) is 17.5 Å². The molecular weight excluding hydrogens is 300 g/mol. The third kappa shape index (κ3) is 2.84. The molecule has 2 nitrogen and oxygen atoms in total. The van der Waals surface area contributed by atoms with Crippen molar-refractivity contribution in [2.45, 2.75) is 25.2 Å². The summed E-state index contributed by atoms with van der Waals surface area (Å²) in [6, 6.07) is 12.8. The van der Waals surface area contributed by atoms with Gasteiger partial charge in [0.1, 0.15) is 0 Å². The SMILES string of the molecule is C=C(c1cccnc1)c1cnc(C2CCc3ccccc3C2)s1. The summed E-state index contributed by atoms with van der Waals surface area (Å²) >= 11 is 1.78. The Bertz CT molecular complexity index is 836. The monoisotopic (exact) mass is 318 g/mol. The van der Waals surface area contributed by atoms with Crippen molar-refractivity contribution in [3.8, 4) is 0 Å². The third-order valence-electron chi connectivity index (χ3n) is 4.53. The normalized spacial score (nSPS) is 16.8. The van der Waals surface area contributed by atoms with Gasteiger partial charge >= 0.3 is 0 Å². The molecule has 3 heteroatoms. The summed E-state index contributed by atoms with van der Waals surface area (Å²) in [5, 5.41) is 1.24. The average molecular weight is 318 g/mol. The van der Waals surface area contributed by atoms with Gasteiger partial charge in [0, 0.05) is 30.1 Å². The molecule has 0 N–H and O–H groups in total. The first-order chi connectivity index (χ1) is 11.3. The molecule has 0 saturated heterocycles. The highest BCUT2D eigenvalue weighted by Gasteiger charge is 2.22. The molecule has 0 aliphatic heterocycles. The molecule has 0 amide bonds. The second-order valence-electron chi connectivity index (χ2n) is 5.99. The summed E-state index contributed by atoms with van der Waals surface area (Å²) in [7, 11) is 0. The van der Waals surface area contributed by atoms with Crippen LogP contribution in [0.25, 0.3) is 5.57 Å². The highest BCUT2D eigenvalue weighted by Crippen LogP contribution is 2.36. The lowest BCUT2D eigenvalue weighted by atomic mass is 9.84. The summed E-state index contributed by atoms with van der Waals surface area (Å²) in [5.74, 6) is 0.533. The Morgan fingerprint density at radius 3 is 2.78 bits per heavy atom. The van der Waals surface area contributed by atoms with E-state index >= 15 is 0 Å². The van der Waals surface area contributed by atoms with Crippen molar-refractivity contribution in [3.05, 3.63) is 88.1 Å². The number of thiazole rings is 1. The van der Waals surface area contributed by atoms with E-state index in [-0.39, 0.29) is 0 Å². The lowest BCUT2D eigenvalue weighted by Gasteiger charge is -2.22. The van der Waals surface area contributed by atoms with Crippen LogP contribution >= 0.6 is 11.3 Å². The van der Waals surface area contributed by atoms with Gasteiger partial charge in [0.25, 0.3) is 0 Å². The van der Waals surface area contributed by atoms with Crippen LogP contribution in [0.15, 0.2) is 61.6 Å². The van der Waals surface area contributed by atoms with Crippen molar-refractivity contribution in [1.29, 1.82) is 0 Å². The van der Waals surface area contributed by atoms with E-state index in [0.29, 0.717) is 5.92 Å². The molecule has 0 fully saturated rings. The van der Waals surface area contributed by atoms with Crippen molar-refractivity contribution in [1.82, 2.24) is 9.97 Å². The molecule has 1 atom stereocenters. The van der Waals surface area contributed by atoms with Gasteiger partial charge in [0.15, 0.2) is 0 Å². The third-order valence-corrected chi connectivity index (χ3v) is 5.75. The molecule has 23 heavy (non-hydrogen) atoms. The molecule has 1 aliphatic rings. The van der Waals surface area contributed by atoms with Crippen molar-refractivity contribution >= 4 is 16.9 Å². The fourth-order valence-electron chi connectivity index (χ4n) is 3.21. The molecular formula is C20H18N2S. The van der Waals surface area contributed by atoms with E-state index in [1.807, 2.05) is 24.5 Å². The van der Waals surface area contributed by atoms with Crippen LogP contribution in [0.2, 0.25) is 0 Å². The largest absolute Gasteiger partial charge is 0.264 e. The molecule has 0 bridgehead atoms. The van der Waals surface area contributed by atoms with Gasteiger partial charge in [-0.15, -0.1) is 11.3 Å². The fourth-order valence-corrected chi connectivity index (χ4v) is 4.25. The van der Waals surface area contributed by atoms with Gasteiger partial charge in [-0.2, -0.15) is 0 Å². The summed E-state index contributed by atoms with van der Waals surface area (Å²) in [5.41, 5.74) is 5.06. The molecule has 1 unspecified atom stereocenters. The molecule has 2 heterocycles. The quantitative estimate of drug-likeness (QED) is 0.688. The zero-order chi connectivity index (χ0) is 15.6. The Kier molecular flexibility index (Phi) is 3.80. The number of hydrogen-bond acceptors (Lipinski definition) is 3. The number of nitrogens with zero attached hydrogens (tertiary/aromatic N) is 2. The van der Waals surface area contributed by atoms with Gasteiger partial charge in [0.05, 0.1) is 9.88 Å². The summed E-state index contributed by atoms with van der Waals surface area (Å²) < 4.78 is 0. The van der Waals surface area contributed by atoms with Crippen LogP contribution in [0.3, 0.4) is 0 Å². The smallest absolute Gasteiger partial charge is 0.0965 e. The fraction of sp³-hybridized carbons (Fsp3) is 0.200. The van der Waals surface area contributed by atoms with Gasteiger partial charge in [0.2, 0.25) is 0 Å². The summed E-state index contributed by atoms with van der Waals surface area (Å²) in [6.45, 7) is 4.22. The average Bonchev–Trinajstić information content (AvgIpc) is 3.11. The number of aryl methyl sites for hydroxylation is 1. The number of hydrogen-bond donors (Lipinski definition) is 0. The zero-order valence-corrected chi connectivity index (χ0v) is 13.7. The first-order valence-corrected chi connectivity index (χ1v) is 8.75. The predicted octanol–water partition coefficient (Wildman–Crippen LogP) is 4.87. The van der Waals surface area contributed by atoms with E-state index in [4.69, 9.17) is 4.98 Å². The maximum atomic E-state index is 4.70. The van der Waals surface area contributed by atoms with Gasteiger partial charge in [-0.05, 0) is 42.0 Å². The van der Waals surface area contributed by atoms with Gasteiger partial charge < -0.3 is 0 Å². The highest BCUT2D eigenvalue weighted by atomic mass is 32.1. The van der Waals surface area contributed by atoms with Crippen molar-refractivity contribution in [2.24, 2.45) is 0 Å². The van der Waals surface area contributed by atoms with E-state index in [1.165, 1.54) is 22.6 Å². The maximum Gasteiger partial charge on any atom is 0.0965 e. The Labute approximate surface area is 140 Å². The van der Waals surface area contributed by atoms with Crippen LogP contribution < -0.4 is 0 Å². The van der Waals surface area contributed by atoms with Crippen LogP contribution in [0, 0.1) is 0 Å². The van der Waals surface area contributed by atoms with Crippen molar-refractivity contribution in [2.75, 3.05) is 0 Å². The molecule has 1 aliphatic carbocycles. The molecule has 4 rings (SSSR count). The Morgan fingerprint density at radius 1 is 1.09 bits per heavy atom. The number of aromatic nitrogens is 2. The van der Waals surface area contributed by atoms with Crippen molar-refractivity contribution in [3.63, 3.8) is 0 Å². The number of fused-ring (bicyclic) bond motifs is 1. The van der Waals surface area contributed by atoms with Crippen LogP contribution in [-0.4, -0.2) is 9.97 Å². The van der Waals surface area contributed by atoms with Crippen LogP contribution in [-0.2, 0) is 12.8 Å². The van der Waals surface area contributed by atoms with E-state index in [2.05, 4.69) is 35.8 Å². The molecule has 2 aromatic heterocycles. The van der Waals surface area contributed by atoms with Crippen LogP contribution in [0.1, 0.15) is 38.9 Å². The molecule has 0 radical (unpaired) electrons. The van der Waals surface area contributed by atoms with Gasteiger partial charge in [-0.3, -0.25) is 4.98 Å². The Hall–Kier alpha value is -2.26. The zero-order valence-electron chi connectivity index (χ0n) is 12.9. The minimum Gasteiger partial charge on any atom is -0.264 e. The lowest BCUT2D eigenvalue weighted by molar-refractivity contribution is 0.582. The van der Waals surface area contributed by atoms with E-state index in [9.17, 15) is 0 Å². The second kappa shape index (κ2) is 6.09. The Balaban J connectivity index is 1.56. The minimum atomic E-state index is 0.533. The number of pyridine rings is 1. The lowest BCUT2D eigenvalue weighted by Crippen LogP contribution is -2.12. The highest BCUT2D eigenvalue weighted by molar-refractivity contribution is 7.12. The first-order valence-electron chi connectivity index (χ1n) is 7.93. The maximum absolute atomic E-state index is 4.70. The molecule has 114 valence electrons. The summed E-state index contributed by atoms with van der Waals surface area (Å²) in [6.07, 6.45) is 9.05. The van der Waals surface area contributed by atoms with E-state index in [0.717, 1.165) is 28.9 Å². The van der Waals surface area contributed by atoms with Gasteiger partial charge in [-0.25, -0.2) is 4.98 Å². The number of rotatable bonds is 3. The first kappa shape index (κ1) is 14.3. The van der Waals surface area contributed by atoms with Crippen LogP contribution in [0.4, 0.5) is 0 Å². The molecule has 0 saturated carbocycles.